The number of nitrogens with zero attached hydrogens (tertiary/aromatic N) is 5. The molecule has 0 spiro atoms. The lowest BCUT2D eigenvalue weighted by atomic mass is 9.51. The molecule has 2 aliphatic heterocycles. The number of rotatable bonds is 8. The van der Waals surface area contributed by atoms with Crippen molar-refractivity contribution in [1.29, 1.82) is 0 Å². The summed E-state index contributed by atoms with van der Waals surface area (Å²) in [4.78, 5) is 83.3. The molecule has 0 bridgehead atoms. The third-order valence-corrected chi connectivity index (χ3v) is 11.7. The molecule has 4 amide bonds. The van der Waals surface area contributed by atoms with E-state index in [1.807, 2.05) is 0 Å². The monoisotopic (exact) mass is 757 g/mol. The fraction of sp³-hybridized carbons (Fsp3) is 0.316. The number of para-hydroxylation sites is 1. The molecule has 2 aliphatic carbocycles. The van der Waals surface area contributed by atoms with Crippen LogP contribution in [0.15, 0.2) is 72.8 Å². The molecular formula is C38H33ClFN5O9. The molecule has 2 heterocycles. The number of phenolic OH excluding ortho intramolecular Hbond substituents is 1. The van der Waals surface area contributed by atoms with Gasteiger partial charge in [-0.3, -0.25) is 39.4 Å². The Morgan fingerprint density at radius 3 is 2.24 bits per heavy atom. The van der Waals surface area contributed by atoms with Crippen LogP contribution in [0.25, 0.3) is 0 Å². The summed E-state index contributed by atoms with van der Waals surface area (Å²) < 4.78 is 14.2. The van der Waals surface area contributed by atoms with E-state index in [9.17, 15) is 48.9 Å². The summed E-state index contributed by atoms with van der Waals surface area (Å²) >= 11 is 6.07. The molecule has 3 fully saturated rings. The number of carbonyl (C=O) groups is 4. The van der Waals surface area contributed by atoms with Gasteiger partial charge in [-0.25, -0.2) is 14.2 Å². The van der Waals surface area contributed by atoms with Gasteiger partial charge in [-0.2, -0.15) is 0 Å². The molecular weight excluding hydrogens is 725 g/mol. The number of halogens is 2. The van der Waals surface area contributed by atoms with Gasteiger partial charge in [-0.1, -0.05) is 47.5 Å². The van der Waals surface area contributed by atoms with Crippen molar-refractivity contribution in [1.82, 2.24) is 0 Å². The number of phenols is 1. The first-order valence-corrected chi connectivity index (χ1v) is 17.4. The predicted molar refractivity (Wildman–Crippen MR) is 195 cm³/mol. The number of benzene rings is 3. The lowest BCUT2D eigenvalue weighted by molar-refractivity contribution is -0.392. The van der Waals surface area contributed by atoms with Gasteiger partial charge in [-0.05, 0) is 55.9 Å². The molecule has 2 saturated heterocycles. The van der Waals surface area contributed by atoms with Crippen molar-refractivity contribution in [3.63, 3.8) is 0 Å². The Morgan fingerprint density at radius 2 is 1.65 bits per heavy atom. The summed E-state index contributed by atoms with van der Waals surface area (Å²) in [6.45, 7) is 5.38. The highest BCUT2D eigenvalue weighted by Crippen LogP contribution is 2.65. The molecule has 278 valence electrons. The van der Waals surface area contributed by atoms with Crippen LogP contribution >= 0.6 is 11.6 Å². The Bertz CT molecular complexity index is 2240. The Hall–Kier alpha value is -5.96. The van der Waals surface area contributed by atoms with E-state index in [-0.39, 0.29) is 47.1 Å². The third kappa shape index (κ3) is 5.12. The molecule has 3 aromatic carbocycles. The van der Waals surface area contributed by atoms with Crippen LogP contribution in [0.1, 0.15) is 36.8 Å². The van der Waals surface area contributed by atoms with Crippen LogP contribution in [0.5, 0.6) is 5.75 Å². The molecule has 3 aromatic rings. The van der Waals surface area contributed by atoms with Crippen molar-refractivity contribution in [3.05, 3.63) is 115 Å². The van der Waals surface area contributed by atoms with E-state index in [4.69, 9.17) is 11.6 Å². The smallest absolute Gasteiger partial charge is 0.301 e. The van der Waals surface area contributed by atoms with Crippen molar-refractivity contribution in [2.75, 3.05) is 28.8 Å². The zero-order chi connectivity index (χ0) is 39.1. The fourth-order valence-electron chi connectivity index (χ4n) is 9.10. The van der Waals surface area contributed by atoms with Crippen molar-refractivity contribution in [2.24, 2.45) is 29.1 Å². The number of imide groups is 2. The van der Waals surface area contributed by atoms with Crippen LogP contribution in [-0.2, 0) is 25.6 Å². The van der Waals surface area contributed by atoms with Crippen LogP contribution < -0.4 is 14.7 Å². The van der Waals surface area contributed by atoms with Crippen LogP contribution in [0.3, 0.4) is 0 Å². The molecule has 0 radical (unpaired) electrons. The van der Waals surface area contributed by atoms with Crippen LogP contribution in [-0.4, -0.2) is 52.7 Å². The van der Waals surface area contributed by atoms with Crippen LogP contribution in [0.4, 0.5) is 32.8 Å². The van der Waals surface area contributed by atoms with E-state index in [2.05, 4.69) is 6.58 Å². The summed E-state index contributed by atoms with van der Waals surface area (Å²) in [6, 6.07) is 10.4. The van der Waals surface area contributed by atoms with E-state index in [1.165, 1.54) is 31.1 Å². The van der Waals surface area contributed by atoms with Gasteiger partial charge in [0.25, 0.3) is 0 Å². The number of nitro benzene ring substituents is 2. The molecule has 1 N–H and O–H groups in total. The molecule has 7 rings (SSSR count). The van der Waals surface area contributed by atoms with Gasteiger partial charge in [0.2, 0.25) is 23.6 Å². The standard InChI is InChI=1S/C38H33ClFN5O9/c1-5-7-18-8-6-9-23(33(18)46)31-21-11-12-22-30(24(21)17-25-35(48)43(37(50)38(25,31)2)19-10-13-27(40)26(39)14-19)36(49)42(34(22)47)20-15-28(44(51)52)32(41(3)4)29(16-20)45(53)54/h5-6,8-11,13-16,22,24-25,30-31,46H,1,7,12,17H2,2-4H3/t22-,24+,25-,30-,31+,38+/m0/s1. The first-order chi connectivity index (χ1) is 25.5. The van der Waals surface area contributed by atoms with Gasteiger partial charge in [-0.15, -0.1) is 6.58 Å². The number of hydrogen-bond donors (Lipinski definition) is 1. The molecule has 6 atom stereocenters. The summed E-state index contributed by atoms with van der Waals surface area (Å²) in [5.41, 5.74) is -2.17. The summed E-state index contributed by atoms with van der Waals surface area (Å²) in [5, 5.41) is 35.6. The zero-order valence-electron chi connectivity index (χ0n) is 29.2. The molecule has 16 heteroatoms. The average molecular weight is 758 g/mol. The minimum atomic E-state index is -1.54. The number of amides is 4. The highest BCUT2D eigenvalue weighted by molar-refractivity contribution is 6.32. The molecule has 0 aromatic heterocycles. The minimum absolute atomic E-state index is 0.00131. The van der Waals surface area contributed by atoms with Crippen molar-refractivity contribution in [3.8, 4) is 5.75 Å². The second kappa shape index (κ2) is 12.9. The summed E-state index contributed by atoms with van der Waals surface area (Å²) in [6.07, 6.45) is 3.55. The normalized spacial score (nSPS) is 25.9. The van der Waals surface area contributed by atoms with Gasteiger partial charge in [0.05, 0.1) is 49.4 Å². The third-order valence-electron chi connectivity index (χ3n) is 11.4. The second-order valence-electron chi connectivity index (χ2n) is 14.4. The van der Waals surface area contributed by atoms with Gasteiger partial charge in [0.1, 0.15) is 11.6 Å². The molecule has 1 saturated carbocycles. The number of hydrogen-bond acceptors (Lipinski definition) is 10. The van der Waals surface area contributed by atoms with Gasteiger partial charge < -0.3 is 10.0 Å². The maximum atomic E-state index is 14.7. The maximum Gasteiger partial charge on any atom is 0.301 e. The molecule has 54 heavy (non-hydrogen) atoms. The number of fused-ring (bicyclic) bond motifs is 4. The Balaban J connectivity index is 1.38. The van der Waals surface area contributed by atoms with Crippen LogP contribution in [0, 0.1) is 55.1 Å². The number of anilines is 3. The lowest BCUT2D eigenvalue weighted by Crippen LogP contribution is -2.49. The topological polar surface area (TPSA) is 185 Å². The quantitative estimate of drug-likeness (QED) is 0.120. The largest absolute Gasteiger partial charge is 0.507 e. The minimum Gasteiger partial charge on any atom is -0.507 e. The van der Waals surface area contributed by atoms with Crippen molar-refractivity contribution < 1.29 is 38.5 Å². The number of carbonyl (C=O) groups excluding carboxylic acids is 4. The van der Waals surface area contributed by atoms with E-state index in [0.29, 0.717) is 16.7 Å². The highest BCUT2D eigenvalue weighted by atomic mass is 35.5. The van der Waals surface area contributed by atoms with E-state index in [1.54, 1.807) is 37.3 Å². The first kappa shape index (κ1) is 36.4. The van der Waals surface area contributed by atoms with Crippen molar-refractivity contribution in [2.45, 2.75) is 32.1 Å². The van der Waals surface area contributed by atoms with Crippen LogP contribution in [0.2, 0.25) is 5.02 Å². The zero-order valence-corrected chi connectivity index (χ0v) is 29.9. The van der Waals surface area contributed by atoms with E-state index >= 15 is 0 Å². The number of nitro groups is 2. The second-order valence-corrected chi connectivity index (χ2v) is 14.8. The Kier molecular flexibility index (Phi) is 8.67. The molecule has 0 unspecified atom stereocenters. The maximum absolute atomic E-state index is 14.7. The van der Waals surface area contributed by atoms with E-state index < -0.39 is 85.7 Å². The van der Waals surface area contributed by atoms with Crippen molar-refractivity contribution >= 4 is 63.7 Å². The summed E-state index contributed by atoms with van der Waals surface area (Å²) in [7, 11) is 2.78. The number of aromatic hydroxyl groups is 1. The SMILES string of the molecule is C=CCc1cccc([C@H]2C3=CC[C@@H]4C(=O)N(c5cc([N+](=O)[O-])c(N(C)C)c([N+](=O)[O-])c5)C(=O)[C@@H]4[C@@H]3C[C@H]3C(=O)N(c4ccc(F)c(Cl)c4)C(=O)[C@@]23C)c1O. The Labute approximate surface area is 312 Å². The molecule has 4 aliphatic rings. The van der Waals surface area contributed by atoms with Gasteiger partial charge in [0, 0.05) is 37.7 Å². The average Bonchev–Trinajstić information content (AvgIpc) is 3.49. The fourth-order valence-corrected chi connectivity index (χ4v) is 9.28. The van der Waals surface area contributed by atoms with E-state index in [0.717, 1.165) is 28.0 Å². The molecule has 14 nitrogen and oxygen atoms in total. The van der Waals surface area contributed by atoms with Gasteiger partial charge >= 0.3 is 11.4 Å². The first-order valence-electron chi connectivity index (χ1n) is 17.0. The van der Waals surface area contributed by atoms with Gasteiger partial charge in [0.15, 0.2) is 5.69 Å². The summed E-state index contributed by atoms with van der Waals surface area (Å²) in [5.74, 6) is -8.69. The highest BCUT2D eigenvalue weighted by Gasteiger charge is 2.68. The number of allylic oxidation sites excluding steroid dienone is 3. The predicted octanol–water partition coefficient (Wildman–Crippen LogP) is 6.23. The Morgan fingerprint density at radius 1 is 0.981 bits per heavy atom. The lowest BCUT2D eigenvalue weighted by Gasteiger charge is -2.49.